The zero-order chi connectivity index (χ0) is 15.0. The van der Waals surface area contributed by atoms with Crippen LogP contribution in [0, 0.1) is 5.41 Å². The van der Waals surface area contributed by atoms with E-state index in [4.69, 9.17) is 14.3 Å². The van der Waals surface area contributed by atoms with E-state index in [9.17, 15) is 4.79 Å². The topological polar surface area (TPSA) is 72.6 Å². The zero-order valence-corrected chi connectivity index (χ0v) is 12.3. The highest BCUT2D eigenvalue weighted by Gasteiger charge is 2.28. The third-order valence-electron chi connectivity index (χ3n) is 4.17. The van der Waals surface area contributed by atoms with E-state index in [1.165, 1.54) is 12.1 Å². The number of aromatic nitrogens is 1. The van der Waals surface area contributed by atoms with Gasteiger partial charge in [0.1, 0.15) is 11.6 Å². The van der Waals surface area contributed by atoms with E-state index < -0.39 is 5.97 Å². The molecular weight excluding hydrogens is 270 g/mol. The fourth-order valence-electron chi connectivity index (χ4n) is 2.72. The Morgan fingerprint density at radius 3 is 2.76 bits per heavy atom. The SMILES string of the molecule is CC1(C)CCC(Oc2nc3ccc(C(=O)O)cc3o2)CC1. The summed E-state index contributed by atoms with van der Waals surface area (Å²) in [6.45, 7) is 4.55. The van der Waals surface area contributed by atoms with Crippen molar-refractivity contribution >= 4 is 17.1 Å². The zero-order valence-electron chi connectivity index (χ0n) is 12.3. The van der Waals surface area contributed by atoms with E-state index in [2.05, 4.69) is 18.8 Å². The Kier molecular flexibility index (Phi) is 3.35. The fourth-order valence-corrected chi connectivity index (χ4v) is 2.72. The lowest BCUT2D eigenvalue weighted by Crippen LogP contribution is -2.28. The van der Waals surface area contributed by atoms with Crippen molar-refractivity contribution in [2.24, 2.45) is 5.41 Å². The van der Waals surface area contributed by atoms with Crippen molar-refractivity contribution in [3.63, 3.8) is 0 Å². The lowest BCUT2D eigenvalue weighted by atomic mass is 9.76. The number of carboxylic acids is 1. The molecule has 0 radical (unpaired) electrons. The Balaban J connectivity index is 1.74. The largest absolute Gasteiger partial charge is 0.478 e. The van der Waals surface area contributed by atoms with Crippen LogP contribution in [0.5, 0.6) is 6.08 Å². The van der Waals surface area contributed by atoms with Crippen molar-refractivity contribution in [2.75, 3.05) is 0 Å². The van der Waals surface area contributed by atoms with Crippen LogP contribution in [0.25, 0.3) is 11.1 Å². The number of carbonyl (C=O) groups is 1. The first-order valence-electron chi connectivity index (χ1n) is 7.23. The van der Waals surface area contributed by atoms with E-state index in [1.807, 2.05) is 0 Å². The number of carboxylic acid groups (broad SMARTS) is 1. The molecule has 0 atom stereocenters. The summed E-state index contributed by atoms with van der Waals surface area (Å²) in [5, 5.41) is 8.97. The van der Waals surface area contributed by atoms with Crippen molar-refractivity contribution in [3.8, 4) is 6.08 Å². The summed E-state index contributed by atoms with van der Waals surface area (Å²) in [5.74, 6) is -0.981. The van der Waals surface area contributed by atoms with Gasteiger partial charge in [-0.3, -0.25) is 0 Å². The van der Waals surface area contributed by atoms with Gasteiger partial charge in [0.05, 0.1) is 5.56 Å². The molecule has 0 saturated heterocycles. The highest BCUT2D eigenvalue weighted by Crippen LogP contribution is 2.36. The highest BCUT2D eigenvalue weighted by molar-refractivity contribution is 5.91. The Labute approximate surface area is 122 Å². The van der Waals surface area contributed by atoms with Gasteiger partial charge < -0.3 is 14.3 Å². The molecule has 112 valence electrons. The number of hydrogen-bond donors (Lipinski definition) is 1. The Hall–Kier alpha value is -2.04. The Morgan fingerprint density at radius 1 is 1.38 bits per heavy atom. The maximum absolute atomic E-state index is 10.9. The smallest absolute Gasteiger partial charge is 0.394 e. The molecule has 21 heavy (non-hydrogen) atoms. The third-order valence-corrected chi connectivity index (χ3v) is 4.17. The number of rotatable bonds is 3. The number of nitrogens with zero attached hydrogens (tertiary/aromatic N) is 1. The average molecular weight is 289 g/mol. The van der Waals surface area contributed by atoms with Gasteiger partial charge in [0.2, 0.25) is 0 Å². The first-order valence-corrected chi connectivity index (χ1v) is 7.23. The van der Waals surface area contributed by atoms with Crippen LogP contribution in [-0.4, -0.2) is 22.2 Å². The first kappa shape index (κ1) is 13.9. The standard InChI is InChI=1S/C16H19NO4/c1-16(2)7-5-11(6-8-16)20-15-17-12-4-3-10(14(18)19)9-13(12)21-15/h3-4,9,11H,5-8H2,1-2H3,(H,18,19). The van der Waals surface area contributed by atoms with Crippen LogP contribution in [0.1, 0.15) is 49.9 Å². The molecule has 0 unspecified atom stereocenters. The maximum Gasteiger partial charge on any atom is 0.394 e. The van der Waals surface area contributed by atoms with Gasteiger partial charge in [0.25, 0.3) is 0 Å². The minimum atomic E-state index is -0.981. The molecule has 1 aromatic heterocycles. The van der Waals surface area contributed by atoms with E-state index in [0.717, 1.165) is 25.7 Å². The molecule has 0 bridgehead atoms. The van der Waals surface area contributed by atoms with Crippen molar-refractivity contribution in [2.45, 2.75) is 45.6 Å². The number of ether oxygens (including phenoxy) is 1. The molecule has 0 amide bonds. The second kappa shape index (κ2) is 5.06. The first-order chi connectivity index (χ1) is 9.93. The predicted octanol–water partition coefficient (Wildman–Crippen LogP) is 3.87. The van der Waals surface area contributed by atoms with Crippen LogP contribution in [0.2, 0.25) is 0 Å². The van der Waals surface area contributed by atoms with Gasteiger partial charge >= 0.3 is 12.0 Å². The van der Waals surface area contributed by atoms with Crippen LogP contribution in [-0.2, 0) is 0 Å². The molecule has 0 spiro atoms. The van der Waals surface area contributed by atoms with Gasteiger partial charge in [0.15, 0.2) is 5.58 Å². The lowest BCUT2D eigenvalue weighted by molar-refractivity contribution is 0.0695. The van der Waals surface area contributed by atoms with Crippen LogP contribution >= 0.6 is 0 Å². The summed E-state index contributed by atoms with van der Waals surface area (Å²) in [7, 11) is 0. The maximum atomic E-state index is 10.9. The van der Waals surface area contributed by atoms with E-state index in [-0.39, 0.29) is 17.7 Å². The van der Waals surface area contributed by atoms with E-state index in [1.54, 1.807) is 6.07 Å². The summed E-state index contributed by atoms with van der Waals surface area (Å²) in [6, 6.07) is 4.63. The Bertz CT molecular complexity index is 664. The van der Waals surface area contributed by atoms with E-state index in [0.29, 0.717) is 16.5 Å². The average Bonchev–Trinajstić information content (AvgIpc) is 2.82. The number of benzene rings is 1. The van der Waals surface area contributed by atoms with Crippen LogP contribution < -0.4 is 4.74 Å². The molecule has 1 aliphatic carbocycles. The predicted molar refractivity (Wildman–Crippen MR) is 77.6 cm³/mol. The van der Waals surface area contributed by atoms with Gasteiger partial charge in [-0.05, 0) is 49.3 Å². The number of aromatic carboxylic acids is 1. The van der Waals surface area contributed by atoms with Crippen LogP contribution in [0.4, 0.5) is 0 Å². The minimum Gasteiger partial charge on any atom is -0.478 e. The lowest BCUT2D eigenvalue weighted by Gasteiger charge is -2.33. The monoisotopic (exact) mass is 289 g/mol. The van der Waals surface area contributed by atoms with Gasteiger partial charge in [-0.2, -0.15) is 4.98 Å². The van der Waals surface area contributed by atoms with Crippen LogP contribution in [0.3, 0.4) is 0 Å². The van der Waals surface area contributed by atoms with Crippen LogP contribution in [0.15, 0.2) is 22.6 Å². The quantitative estimate of drug-likeness (QED) is 0.928. The molecule has 5 heteroatoms. The van der Waals surface area contributed by atoms with E-state index >= 15 is 0 Å². The summed E-state index contributed by atoms with van der Waals surface area (Å²) in [5.41, 5.74) is 1.63. The molecule has 0 aliphatic heterocycles. The van der Waals surface area contributed by atoms with Crippen molar-refractivity contribution in [1.29, 1.82) is 0 Å². The van der Waals surface area contributed by atoms with Crippen molar-refractivity contribution in [3.05, 3.63) is 23.8 Å². The van der Waals surface area contributed by atoms with Gasteiger partial charge in [-0.1, -0.05) is 13.8 Å². The second-order valence-electron chi connectivity index (χ2n) is 6.45. The van der Waals surface area contributed by atoms with Crippen molar-refractivity contribution in [1.82, 2.24) is 4.98 Å². The number of hydrogen-bond acceptors (Lipinski definition) is 4. The normalized spacial score (nSPS) is 18.8. The Morgan fingerprint density at radius 2 is 2.10 bits per heavy atom. The molecule has 1 N–H and O–H groups in total. The number of fused-ring (bicyclic) bond motifs is 1. The van der Waals surface area contributed by atoms with Gasteiger partial charge in [-0.15, -0.1) is 0 Å². The minimum absolute atomic E-state index is 0.130. The summed E-state index contributed by atoms with van der Waals surface area (Å²) in [4.78, 5) is 15.2. The molecule has 2 aromatic rings. The molecule has 3 rings (SSSR count). The van der Waals surface area contributed by atoms with Gasteiger partial charge in [-0.25, -0.2) is 4.79 Å². The molecule has 1 fully saturated rings. The highest BCUT2D eigenvalue weighted by atomic mass is 16.6. The molecule has 1 saturated carbocycles. The molecule has 1 aromatic carbocycles. The molecule has 1 aliphatic rings. The summed E-state index contributed by atoms with van der Waals surface area (Å²) in [6.07, 6.45) is 4.60. The third kappa shape index (κ3) is 3.01. The summed E-state index contributed by atoms with van der Waals surface area (Å²) < 4.78 is 11.3. The molecule has 5 nitrogen and oxygen atoms in total. The summed E-state index contributed by atoms with van der Waals surface area (Å²) >= 11 is 0. The fraction of sp³-hybridized carbons (Fsp3) is 0.500. The number of oxazole rings is 1. The molecule has 1 heterocycles. The second-order valence-corrected chi connectivity index (χ2v) is 6.45. The molecular formula is C16H19NO4. The van der Waals surface area contributed by atoms with Crippen molar-refractivity contribution < 1.29 is 19.1 Å². The van der Waals surface area contributed by atoms with Gasteiger partial charge in [0, 0.05) is 0 Å².